The Morgan fingerprint density at radius 1 is 1.17 bits per heavy atom. The van der Waals surface area contributed by atoms with Gasteiger partial charge in [-0.3, -0.25) is 9.79 Å². The van der Waals surface area contributed by atoms with E-state index in [9.17, 15) is 4.79 Å². The minimum atomic E-state index is -1.02. The van der Waals surface area contributed by atoms with Crippen molar-refractivity contribution >= 4 is 28.7 Å². The Hall–Kier alpha value is -3.98. The lowest BCUT2D eigenvalue weighted by Gasteiger charge is -2.29. The Labute approximate surface area is 200 Å². The number of aliphatic imine (C=N–C) groups is 1. The molecule has 7 nitrogen and oxygen atoms in total. The second kappa shape index (κ2) is 9.34. The van der Waals surface area contributed by atoms with E-state index in [1.807, 2.05) is 18.2 Å². The molecule has 1 atom stereocenters. The molecular formula is C26H23F2N5O2. The molecule has 0 radical (unpaired) electrons. The van der Waals surface area contributed by atoms with Crippen molar-refractivity contribution in [3.63, 3.8) is 0 Å². The molecule has 2 aliphatic rings. The van der Waals surface area contributed by atoms with Crippen LogP contribution >= 0.6 is 0 Å². The van der Waals surface area contributed by atoms with Gasteiger partial charge in [0.25, 0.3) is 0 Å². The second-order valence-electron chi connectivity index (χ2n) is 8.32. The van der Waals surface area contributed by atoms with Gasteiger partial charge in [0, 0.05) is 53.3 Å². The van der Waals surface area contributed by atoms with Gasteiger partial charge in [-0.25, -0.2) is 18.7 Å². The maximum absolute atomic E-state index is 15.1. The first-order chi connectivity index (χ1) is 17.0. The van der Waals surface area contributed by atoms with Crippen LogP contribution in [0.1, 0.15) is 18.4 Å². The number of morpholine rings is 1. The molecule has 9 heteroatoms. The number of aromatic nitrogens is 2. The number of carbonyl (C=O) groups excluding carboxylic acids is 1. The molecule has 0 aliphatic carbocycles. The topological polar surface area (TPSA) is 79.7 Å². The number of nitrogens with zero attached hydrogens (tertiary/aromatic N) is 4. The SMILES string of the molecule is C=CC=NC1=C(C)NC(=O)C1c1cc(-c2ncnc3cc(N4CCOCC4)ccc23)c(F)cc1F. The molecule has 1 amide bonds. The van der Waals surface area contributed by atoms with Gasteiger partial charge < -0.3 is 15.0 Å². The number of ether oxygens (including phenoxy) is 1. The summed E-state index contributed by atoms with van der Waals surface area (Å²) in [4.78, 5) is 27.8. The van der Waals surface area contributed by atoms with Gasteiger partial charge in [0.15, 0.2) is 0 Å². The van der Waals surface area contributed by atoms with Crippen molar-refractivity contribution in [2.75, 3.05) is 31.2 Å². The highest BCUT2D eigenvalue weighted by Crippen LogP contribution is 2.38. The highest BCUT2D eigenvalue weighted by Gasteiger charge is 2.35. The number of benzene rings is 2. The van der Waals surface area contributed by atoms with Crippen LogP contribution in [0.2, 0.25) is 0 Å². The minimum Gasteiger partial charge on any atom is -0.378 e. The van der Waals surface area contributed by atoms with Crippen molar-refractivity contribution in [2.24, 2.45) is 4.99 Å². The van der Waals surface area contributed by atoms with Crippen molar-refractivity contribution in [1.82, 2.24) is 15.3 Å². The Morgan fingerprint density at radius 3 is 2.74 bits per heavy atom. The molecule has 1 unspecified atom stereocenters. The summed E-state index contributed by atoms with van der Waals surface area (Å²) >= 11 is 0. The van der Waals surface area contributed by atoms with Crippen molar-refractivity contribution in [3.8, 4) is 11.3 Å². The van der Waals surface area contributed by atoms with E-state index in [1.165, 1.54) is 24.7 Å². The number of allylic oxidation sites excluding steroid dienone is 2. The molecule has 1 N–H and O–H groups in total. The molecular weight excluding hydrogens is 452 g/mol. The molecule has 2 aliphatic heterocycles. The molecule has 0 saturated carbocycles. The Bertz CT molecular complexity index is 1400. The summed E-state index contributed by atoms with van der Waals surface area (Å²) in [7, 11) is 0. The van der Waals surface area contributed by atoms with Crippen molar-refractivity contribution in [3.05, 3.63) is 77.9 Å². The molecule has 1 saturated heterocycles. The molecule has 5 rings (SSSR count). The smallest absolute Gasteiger partial charge is 0.237 e. The third kappa shape index (κ3) is 4.19. The Morgan fingerprint density at radius 2 is 1.97 bits per heavy atom. The third-order valence-electron chi connectivity index (χ3n) is 6.20. The first kappa shape index (κ1) is 22.8. The van der Waals surface area contributed by atoms with Crippen LogP contribution in [0.25, 0.3) is 22.2 Å². The summed E-state index contributed by atoms with van der Waals surface area (Å²) in [6.45, 7) is 8.11. The highest BCUT2D eigenvalue weighted by atomic mass is 19.1. The predicted molar refractivity (Wildman–Crippen MR) is 130 cm³/mol. The fraction of sp³-hybridized carbons (Fsp3) is 0.231. The van der Waals surface area contributed by atoms with E-state index in [0.29, 0.717) is 41.2 Å². The van der Waals surface area contributed by atoms with Gasteiger partial charge in [0.1, 0.15) is 23.9 Å². The number of hydrogen-bond donors (Lipinski definition) is 1. The molecule has 0 bridgehead atoms. The summed E-state index contributed by atoms with van der Waals surface area (Å²) in [6, 6.07) is 7.82. The van der Waals surface area contributed by atoms with E-state index in [-0.39, 0.29) is 11.1 Å². The lowest BCUT2D eigenvalue weighted by atomic mass is 9.92. The van der Waals surface area contributed by atoms with Gasteiger partial charge >= 0.3 is 0 Å². The summed E-state index contributed by atoms with van der Waals surface area (Å²) in [6.07, 6.45) is 4.25. The average molecular weight is 475 g/mol. The highest BCUT2D eigenvalue weighted by molar-refractivity contribution is 5.96. The number of nitrogens with one attached hydrogen (secondary N) is 1. The zero-order valence-electron chi connectivity index (χ0n) is 19.1. The van der Waals surface area contributed by atoms with Gasteiger partial charge in [-0.05, 0) is 31.2 Å². The normalized spacial score (nSPS) is 18.5. The van der Waals surface area contributed by atoms with Crippen LogP contribution in [0.4, 0.5) is 14.5 Å². The number of anilines is 1. The molecule has 1 aromatic heterocycles. The predicted octanol–water partition coefficient (Wildman–Crippen LogP) is 4.11. The molecule has 1 fully saturated rings. The largest absolute Gasteiger partial charge is 0.378 e. The summed E-state index contributed by atoms with van der Waals surface area (Å²) < 4.78 is 35.5. The number of halogens is 2. The fourth-order valence-corrected chi connectivity index (χ4v) is 4.50. The van der Waals surface area contributed by atoms with Crippen molar-refractivity contribution < 1.29 is 18.3 Å². The Balaban J connectivity index is 1.61. The van der Waals surface area contributed by atoms with Crippen molar-refractivity contribution in [1.29, 1.82) is 0 Å². The number of hydrogen-bond acceptors (Lipinski definition) is 6. The van der Waals surface area contributed by atoms with Gasteiger partial charge in [-0.15, -0.1) is 0 Å². The van der Waals surface area contributed by atoms with Crippen molar-refractivity contribution in [2.45, 2.75) is 12.8 Å². The number of amides is 1. The lowest BCUT2D eigenvalue weighted by molar-refractivity contribution is -0.120. The van der Waals surface area contributed by atoms with Crippen LogP contribution in [0, 0.1) is 11.6 Å². The van der Waals surface area contributed by atoms with Crippen LogP contribution in [-0.2, 0) is 9.53 Å². The first-order valence-corrected chi connectivity index (χ1v) is 11.2. The molecule has 3 aromatic rings. The van der Waals surface area contributed by atoms with Crippen LogP contribution in [0.15, 0.2) is 65.7 Å². The standard InChI is InChI=1S/C26H23F2N5O2/c1-3-6-29-24-15(2)32-26(34)23(24)18-12-19(21(28)13-20(18)27)25-17-5-4-16(11-22(17)30-14-31-25)33-7-9-35-10-8-33/h3-6,11-14,23H,1,7-10H2,2H3,(H,32,34). The van der Waals surface area contributed by atoms with Gasteiger partial charge in [0.2, 0.25) is 5.91 Å². The average Bonchev–Trinajstić information content (AvgIpc) is 3.15. The van der Waals surface area contributed by atoms with E-state index < -0.39 is 23.5 Å². The van der Waals surface area contributed by atoms with Crippen LogP contribution < -0.4 is 10.2 Å². The summed E-state index contributed by atoms with van der Waals surface area (Å²) in [5, 5.41) is 3.30. The van der Waals surface area contributed by atoms with Gasteiger partial charge in [0.05, 0.1) is 30.1 Å². The fourth-order valence-electron chi connectivity index (χ4n) is 4.50. The molecule has 178 valence electrons. The molecule has 3 heterocycles. The third-order valence-corrected chi connectivity index (χ3v) is 6.20. The van der Waals surface area contributed by atoms with E-state index >= 15 is 8.78 Å². The number of fused-ring (bicyclic) bond motifs is 1. The quantitative estimate of drug-likeness (QED) is 0.562. The van der Waals surface area contributed by atoms with Gasteiger partial charge in [-0.1, -0.05) is 12.7 Å². The van der Waals surface area contributed by atoms with E-state index in [1.54, 1.807) is 6.92 Å². The van der Waals surface area contributed by atoms with Crippen LogP contribution in [0.5, 0.6) is 0 Å². The zero-order valence-corrected chi connectivity index (χ0v) is 19.1. The van der Waals surface area contributed by atoms with Crippen LogP contribution in [0.3, 0.4) is 0 Å². The van der Waals surface area contributed by atoms with Crippen LogP contribution in [-0.4, -0.2) is 48.4 Å². The van der Waals surface area contributed by atoms with Gasteiger partial charge in [-0.2, -0.15) is 0 Å². The Kier molecular flexibility index (Phi) is 6.08. The summed E-state index contributed by atoms with van der Waals surface area (Å²) in [5.41, 5.74) is 2.90. The maximum atomic E-state index is 15.1. The molecule has 2 aromatic carbocycles. The summed E-state index contributed by atoms with van der Waals surface area (Å²) in [5.74, 6) is -3.07. The second-order valence-corrected chi connectivity index (χ2v) is 8.32. The zero-order chi connectivity index (χ0) is 24.5. The van der Waals surface area contributed by atoms with E-state index in [4.69, 9.17) is 4.74 Å². The number of carbonyl (C=O) groups is 1. The number of rotatable bonds is 5. The first-order valence-electron chi connectivity index (χ1n) is 11.2. The van der Waals surface area contributed by atoms with E-state index in [2.05, 4.69) is 31.8 Å². The lowest BCUT2D eigenvalue weighted by Crippen LogP contribution is -2.36. The molecule has 35 heavy (non-hydrogen) atoms. The van der Waals surface area contributed by atoms with E-state index in [0.717, 1.165) is 24.8 Å². The monoisotopic (exact) mass is 475 g/mol. The maximum Gasteiger partial charge on any atom is 0.237 e. The minimum absolute atomic E-state index is 0.0173. The molecule has 0 spiro atoms.